The quantitative estimate of drug-likeness (QED) is 0.373. The SMILES string of the molecule is FB(F)F.FB(F)F.O=S(=O)(O)O. The maximum absolute atomic E-state index is 9.67. The van der Waals surface area contributed by atoms with Gasteiger partial charge in [-0.1, -0.05) is 0 Å². The van der Waals surface area contributed by atoms with Crippen molar-refractivity contribution in [3.05, 3.63) is 0 Å². The molecule has 0 atom stereocenters. The van der Waals surface area contributed by atoms with Crippen LogP contribution in [-0.2, 0) is 10.4 Å². The molecule has 0 rings (SSSR count). The Labute approximate surface area is 70.0 Å². The fourth-order valence-corrected chi connectivity index (χ4v) is 0. The van der Waals surface area contributed by atoms with E-state index in [9.17, 15) is 25.9 Å². The van der Waals surface area contributed by atoms with E-state index in [4.69, 9.17) is 17.5 Å². The number of halogens is 6. The van der Waals surface area contributed by atoms with Crippen molar-refractivity contribution in [1.82, 2.24) is 0 Å². The Bertz CT molecular complexity index is 158. The third kappa shape index (κ3) is 6020. The second-order valence-corrected chi connectivity index (χ2v) is 1.84. The van der Waals surface area contributed by atoms with Crippen molar-refractivity contribution in [3.8, 4) is 0 Å². The summed E-state index contributed by atoms with van der Waals surface area (Å²) >= 11 is 0. The van der Waals surface area contributed by atoms with Crippen molar-refractivity contribution in [2.75, 3.05) is 0 Å². The first-order chi connectivity index (χ1) is 5.46. The van der Waals surface area contributed by atoms with Crippen molar-refractivity contribution >= 4 is 25.5 Å². The van der Waals surface area contributed by atoms with Crippen LogP contribution in [0.3, 0.4) is 0 Å². The van der Waals surface area contributed by atoms with Gasteiger partial charge in [0.2, 0.25) is 0 Å². The standard InChI is InChI=1S/2BF3.H2O4S/c2*2-1(3)4;1-5(2,3)4/h;;(H2,1,2,3,4). The lowest BCUT2D eigenvalue weighted by atomic mass is 10.5. The topological polar surface area (TPSA) is 74.6 Å². The minimum atomic E-state index is -4.67. The average molecular weight is 234 g/mol. The molecule has 0 heterocycles. The fourth-order valence-electron chi connectivity index (χ4n) is 0. The molecule has 80 valence electrons. The lowest BCUT2D eigenvalue weighted by Crippen LogP contribution is -1.89. The molecule has 0 aromatic carbocycles. The van der Waals surface area contributed by atoms with Gasteiger partial charge in [-0.15, -0.1) is 0 Å². The van der Waals surface area contributed by atoms with Crippen LogP contribution >= 0.6 is 0 Å². The van der Waals surface area contributed by atoms with Crippen molar-refractivity contribution in [1.29, 1.82) is 0 Å². The number of hydrogen-bond acceptors (Lipinski definition) is 2. The molecule has 13 heavy (non-hydrogen) atoms. The van der Waals surface area contributed by atoms with Gasteiger partial charge in [-0.05, 0) is 0 Å². The average Bonchev–Trinajstić information content (AvgIpc) is 1.50. The second kappa shape index (κ2) is 9.67. The fraction of sp³-hybridized carbons (Fsp3) is 0. The predicted molar refractivity (Wildman–Crippen MR) is 32.3 cm³/mol. The van der Waals surface area contributed by atoms with E-state index in [1.165, 1.54) is 0 Å². The molecule has 0 aliphatic heterocycles. The van der Waals surface area contributed by atoms with Crippen LogP contribution in [0, 0.1) is 0 Å². The first-order valence-corrected chi connectivity index (χ1v) is 3.40. The summed E-state index contributed by atoms with van der Waals surface area (Å²) < 4.78 is 89.6. The van der Waals surface area contributed by atoms with Crippen molar-refractivity contribution < 1.29 is 43.4 Å². The molecule has 13 heteroatoms. The number of rotatable bonds is 0. The lowest BCUT2D eigenvalue weighted by Gasteiger charge is -1.68. The molecular weight excluding hydrogens is 232 g/mol. The Kier molecular flexibility index (Phi) is 13.7. The minimum absolute atomic E-state index is 3.67. The van der Waals surface area contributed by atoms with Gasteiger partial charge in [-0.25, -0.2) is 0 Å². The Balaban J connectivity index is -0.000000117. The molecule has 0 saturated carbocycles. The molecule has 0 amide bonds. The Morgan fingerprint density at radius 1 is 0.769 bits per heavy atom. The van der Waals surface area contributed by atoms with Crippen LogP contribution < -0.4 is 0 Å². The van der Waals surface area contributed by atoms with Gasteiger partial charge >= 0.3 is 25.5 Å². The van der Waals surface area contributed by atoms with Crippen molar-refractivity contribution in [3.63, 3.8) is 0 Å². The van der Waals surface area contributed by atoms with E-state index in [0.717, 1.165) is 0 Å². The Hall–Kier alpha value is -0.420. The maximum atomic E-state index is 9.67. The molecular formula is H2B2F6O4S. The van der Waals surface area contributed by atoms with Gasteiger partial charge in [0.25, 0.3) is 0 Å². The molecule has 0 aliphatic carbocycles. The van der Waals surface area contributed by atoms with Gasteiger partial charge < -0.3 is 0 Å². The highest BCUT2D eigenvalue weighted by Crippen LogP contribution is 1.80. The summed E-state index contributed by atoms with van der Waals surface area (Å²) in [6.07, 6.45) is 0. The van der Waals surface area contributed by atoms with Crippen LogP contribution in [0.25, 0.3) is 0 Å². The molecule has 0 aromatic rings. The van der Waals surface area contributed by atoms with Crippen LogP contribution in [0.1, 0.15) is 0 Å². The Morgan fingerprint density at radius 2 is 0.769 bits per heavy atom. The van der Waals surface area contributed by atoms with E-state index in [2.05, 4.69) is 0 Å². The number of hydrogen-bond donors (Lipinski definition) is 2. The molecule has 2 N–H and O–H groups in total. The minimum Gasteiger partial charge on any atom is -0.264 e. The van der Waals surface area contributed by atoms with Crippen molar-refractivity contribution in [2.24, 2.45) is 0 Å². The van der Waals surface area contributed by atoms with Crippen LogP contribution in [0.4, 0.5) is 25.9 Å². The third-order valence-electron chi connectivity index (χ3n) is 0. The summed E-state index contributed by atoms with van der Waals surface area (Å²) in [5.74, 6) is 0. The molecule has 4 nitrogen and oxygen atoms in total. The van der Waals surface area contributed by atoms with Crippen LogP contribution in [-0.4, -0.2) is 32.6 Å². The third-order valence-corrected chi connectivity index (χ3v) is 0. The molecule has 0 bridgehead atoms. The maximum Gasteiger partial charge on any atom is 0.762 e. The highest BCUT2D eigenvalue weighted by molar-refractivity contribution is 7.79. The first-order valence-electron chi connectivity index (χ1n) is 2.01. The van der Waals surface area contributed by atoms with Gasteiger partial charge in [0.1, 0.15) is 0 Å². The summed E-state index contributed by atoms with van der Waals surface area (Å²) in [5, 5.41) is 0. The van der Waals surface area contributed by atoms with E-state index in [1.54, 1.807) is 0 Å². The largest absolute Gasteiger partial charge is 0.762 e. The normalized spacial score (nSPS) is 8.62. The first kappa shape index (κ1) is 18.4. The van der Waals surface area contributed by atoms with E-state index < -0.39 is 25.5 Å². The summed E-state index contributed by atoms with van der Waals surface area (Å²) in [6, 6.07) is 0. The van der Waals surface area contributed by atoms with E-state index in [1.807, 2.05) is 0 Å². The van der Waals surface area contributed by atoms with E-state index in [0.29, 0.717) is 0 Å². The predicted octanol–water partition coefficient (Wildman–Crippen LogP) is 1.11. The smallest absolute Gasteiger partial charge is 0.264 e. The van der Waals surface area contributed by atoms with Gasteiger partial charge in [0, 0.05) is 0 Å². The van der Waals surface area contributed by atoms with Crippen LogP contribution in [0.15, 0.2) is 0 Å². The van der Waals surface area contributed by atoms with Gasteiger partial charge in [-0.2, -0.15) is 8.42 Å². The monoisotopic (exact) mass is 234 g/mol. The van der Waals surface area contributed by atoms with Crippen LogP contribution in [0.5, 0.6) is 0 Å². The zero-order valence-corrected chi connectivity index (χ0v) is 6.36. The van der Waals surface area contributed by atoms with Crippen molar-refractivity contribution in [2.45, 2.75) is 0 Å². The molecule has 0 spiro atoms. The summed E-state index contributed by atoms with van der Waals surface area (Å²) in [6.45, 7) is 0. The lowest BCUT2D eigenvalue weighted by molar-refractivity contribution is 0.381. The van der Waals surface area contributed by atoms with E-state index >= 15 is 0 Å². The summed E-state index contributed by atoms with van der Waals surface area (Å²) in [5.41, 5.74) is 0. The summed E-state index contributed by atoms with van der Waals surface area (Å²) in [7, 11) is -12.0. The van der Waals surface area contributed by atoms with E-state index in [-0.39, 0.29) is 0 Å². The zero-order valence-electron chi connectivity index (χ0n) is 5.54. The highest BCUT2D eigenvalue weighted by atomic mass is 32.3. The molecule has 0 fully saturated rings. The van der Waals surface area contributed by atoms with Gasteiger partial charge in [-0.3, -0.25) is 35.0 Å². The Morgan fingerprint density at radius 3 is 0.769 bits per heavy atom. The summed E-state index contributed by atoms with van der Waals surface area (Å²) in [4.78, 5) is 0. The molecule has 0 aromatic heterocycles. The van der Waals surface area contributed by atoms with Crippen LogP contribution in [0.2, 0.25) is 0 Å². The highest BCUT2D eigenvalue weighted by Gasteiger charge is 2.06. The zero-order chi connectivity index (χ0) is 11.7. The molecule has 0 unspecified atom stereocenters. The van der Waals surface area contributed by atoms with Gasteiger partial charge in [0.05, 0.1) is 0 Å². The molecule has 0 aliphatic rings. The van der Waals surface area contributed by atoms with Gasteiger partial charge in [0.15, 0.2) is 0 Å². The molecule has 0 radical (unpaired) electrons. The second-order valence-electron chi connectivity index (χ2n) is 0.943. The molecule has 0 saturated heterocycles.